The zero-order chi connectivity index (χ0) is 21.5. The largest absolute Gasteiger partial charge is 0.490 e. The first kappa shape index (κ1) is 23.1. The molecular weight excluding hydrogens is 403 g/mol. The van der Waals surface area contributed by atoms with Crippen molar-refractivity contribution in [3.63, 3.8) is 0 Å². The lowest BCUT2D eigenvalue weighted by Gasteiger charge is -2.10. The Balaban J connectivity index is 0.000000480. The van der Waals surface area contributed by atoms with Gasteiger partial charge in [0.05, 0.1) is 4.90 Å². The lowest BCUT2D eigenvalue weighted by molar-refractivity contribution is -0.192. The van der Waals surface area contributed by atoms with E-state index in [1.165, 1.54) is 19.1 Å². The lowest BCUT2D eigenvalue weighted by atomic mass is 10.1. The van der Waals surface area contributed by atoms with Gasteiger partial charge in [0, 0.05) is 0 Å². The van der Waals surface area contributed by atoms with Crippen LogP contribution < -0.4 is 4.72 Å². The van der Waals surface area contributed by atoms with Crippen LogP contribution in [-0.4, -0.2) is 42.8 Å². The van der Waals surface area contributed by atoms with Crippen LogP contribution in [0.3, 0.4) is 0 Å². The second-order valence-electron chi connectivity index (χ2n) is 5.37. The minimum atomic E-state index is -5.08. The Bertz CT molecular complexity index is 912. The van der Waals surface area contributed by atoms with Crippen molar-refractivity contribution in [3.8, 4) is 11.1 Å². The van der Waals surface area contributed by atoms with Gasteiger partial charge in [-0.3, -0.25) is 4.79 Å². The molecule has 0 aliphatic rings. The first-order valence-corrected chi connectivity index (χ1v) is 9.03. The minimum absolute atomic E-state index is 0.0373. The molecule has 11 heteroatoms. The fourth-order valence-electron chi connectivity index (χ4n) is 1.81. The van der Waals surface area contributed by atoms with Crippen LogP contribution in [0.1, 0.15) is 6.92 Å². The second-order valence-corrected chi connectivity index (χ2v) is 7.09. The van der Waals surface area contributed by atoms with Gasteiger partial charge in [0.1, 0.15) is 6.04 Å². The zero-order valence-electron chi connectivity index (χ0n) is 14.3. The maximum atomic E-state index is 12.0. The molecule has 0 radical (unpaired) electrons. The molecule has 0 aliphatic carbocycles. The number of sulfonamides is 1. The Morgan fingerprint density at radius 3 is 1.75 bits per heavy atom. The number of nitrogens with one attached hydrogen (secondary N) is 1. The lowest BCUT2D eigenvalue weighted by Crippen LogP contribution is -2.38. The summed E-state index contributed by atoms with van der Waals surface area (Å²) in [6, 6.07) is 14.7. The summed E-state index contributed by atoms with van der Waals surface area (Å²) in [5.74, 6) is -3.98. The van der Waals surface area contributed by atoms with Gasteiger partial charge in [0.15, 0.2) is 0 Å². The highest BCUT2D eigenvalue weighted by Crippen LogP contribution is 2.21. The maximum absolute atomic E-state index is 12.0. The van der Waals surface area contributed by atoms with E-state index in [1.807, 2.05) is 30.3 Å². The Kier molecular flexibility index (Phi) is 7.70. The molecule has 7 nitrogen and oxygen atoms in total. The van der Waals surface area contributed by atoms with E-state index in [0.29, 0.717) is 0 Å². The Hall–Kier alpha value is -2.92. The van der Waals surface area contributed by atoms with Crippen LogP contribution in [-0.2, 0) is 19.6 Å². The molecule has 0 amide bonds. The molecule has 0 aliphatic heterocycles. The highest BCUT2D eigenvalue weighted by Gasteiger charge is 2.38. The van der Waals surface area contributed by atoms with Crippen molar-refractivity contribution in [1.29, 1.82) is 0 Å². The van der Waals surface area contributed by atoms with E-state index in [2.05, 4.69) is 4.72 Å². The number of halogens is 3. The summed E-state index contributed by atoms with van der Waals surface area (Å²) in [7, 11) is -3.83. The Labute approximate surface area is 158 Å². The molecule has 28 heavy (non-hydrogen) atoms. The van der Waals surface area contributed by atoms with Crippen molar-refractivity contribution in [2.45, 2.75) is 24.0 Å². The van der Waals surface area contributed by atoms with Crippen molar-refractivity contribution in [2.75, 3.05) is 0 Å². The third-order valence-corrected chi connectivity index (χ3v) is 4.77. The van der Waals surface area contributed by atoms with Gasteiger partial charge in [-0.15, -0.1) is 0 Å². The number of carbonyl (C=O) groups is 2. The summed E-state index contributed by atoms with van der Waals surface area (Å²) in [6.07, 6.45) is -5.08. The number of rotatable bonds is 5. The molecule has 0 spiro atoms. The van der Waals surface area contributed by atoms with Gasteiger partial charge < -0.3 is 10.2 Å². The van der Waals surface area contributed by atoms with E-state index < -0.39 is 34.2 Å². The number of aliphatic carboxylic acids is 2. The average molecular weight is 419 g/mol. The summed E-state index contributed by atoms with van der Waals surface area (Å²) in [5.41, 5.74) is 1.87. The second kappa shape index (κ2) is 9.33. The molecule has 2 rings (SSSR count). The molecule has 2 aromatic carbocycles. The van der Waals surface area contributed by atoms with E-state index in [0.717, 1.165) is 11.1 Å². The molecule has 3 N–H and O–H groups in total. The number of carboxylic acids is 2. The first-order valence-electron chi connectivity index (χ1n) is 7.55. The number of hydrogen-bond donors (Lipinski definition) is 3. The summed E-state index contributed by atoms with van der Waals surface area (Å²) in [5, 5.41) is 15.9. The third kappa shape index (κ3) is 7.00. The van der Waals surface area contributed by atoms with Crippen molar-refractivity contribution >= 4 is 22.0 Å². The molecule has 0 unspecified atom stereocenters. The number of benzene rings is 2. The van der Waals surface area contributed by atoms with Gasteiger partial charge in [-0.05, 0) is 30.2 Å². The van der Waals surface area contributed by atoms with E-state index in [-0.39, 0.29) is 4.90 Å². The van der Waals surface area contributed by atoms with Crippen molar-refractivity contribution in [3.05, 3.63) is 54.6 Å². The molecule has 1 atom stereocenters. The van der Waals surface area contributed by atoms with Crippen LogP contribution in [0.5, 0.6) is 0 Å². The summed E-state index contributed by atoms with van der Waals surface area (Å²) in [4.78, 5) is 19.7. The van der Waals surface area contributed by atoms with Crippen molar-refractivity contribution in [2.24, 2.45) is 0 Å². The first-order chi connectivity index (χ1) is 12.8. The van der Waals surface area contributed by atoms with Gasteiger partial charge in [0.25, 0.3) is 0 Å². The molecular formula is C17H16F3NO6S. The molecule has 152 valence electrons. The maximum Gasteiger partial charge on any atom is 0.490 e. The normalized spacial score (nSPS) is 12.4. The molecule has 0 saturated carbocycles. The van der Waals surface area contributed by atoms with Crippen LogP contribution in [0.2, 0.25) is 0 Å². The van der Waals surface area contributed by atoms with Gasteiger partial charge in [-0.25, -0.2) is 13.2 Å². The topological polar surface area (TPSA) is 121 Å². The van der Waals surface area contributed by atoms with E-state index in [1.54, 1.807) is 12.1 Å². The highest BCUT2D eigenvalue weighted by molar-refractivity contribution is 7.89. The van der Waals surface area contributed by atoms with E-state index in [4.69, 9.17) is 15.0 Å². The standard InChI is InChI=1S/C15H15NO4S.C2HF3O2/c1-11(15(17)18)16-21(19,20)14-9-7-13(8-10-14)12-5-3-2-4-6-12;3-2(4,5)1(6)7/h2-11,16H,1H3,(H,17,18);(H,6,7)/t11-;/m0./s1. The Morgan fingerprint density at radius 1 is 0.929 bits per heavy atom. The van der Waals surface area contributed by atoms with Gasteiger partial charge >= 0.3 is 18.1 Å². The highest BCUT2D eigenvalue weighted by atomic mass is 32.2. The molecule has 0 bridgehead atoms. The fourth-order valence-corrected chi connectivity index (χ4v) is 3.01. The van der Waals surface area contributed by atoms with Crippen LogP contribution in [0.25, 0.3) is 11.1 Å². The molecule has 0 fully saturated rings. The van der Waals surface area contributed by atoms with Crippen molar-refractivity contribution < 1.29 is 41.4 Å². The fraction of sp³-hybridized carbons (Fsp3) is 0.176. The Morgan fingerprint density at radius 2 is 1.36 bits per heavy atom. The SMILES string of the molecule is C[C@H](NS(=O)(=O)c1ccc(-c2ccccc2)cc1)C(=O)O.O=C(O)C(F)(F)F. The average Bonchev–Trinajstić information content (AvgIpc) is 2.62. The monoisotopic (exact) mass is 419 g/mol. The van der Waals surface area contributed by atoms with Crippen LogP contribution in [0.15, 0.2) is 59.5 Å². The smallest absolute Gasteiger partial charge is 0.480 e. The van der Waals surface area contributed by atoms with Gasteiger partial charge in [0.2, 0.25) is 10.0 Å². The minimum Gasteiger partial charge on any atom is -0.480 e. The van der Waals surface area contributed by atoms with Crippen LogP contribution in [0.4, 0.5) is 13.2 Å². The number of alkyl halides is 3. The number of carboxylic acid groups (broad SMARTS) is 2. The van der Waals surface area contributed by atoms with Crippen molar-refractivity contribution in [1.82, 2.24) is 4.72 Å². The molecule has 0 heterocycles. The summed E-state index contributed by atoms with van der Waals surface area (Å²) < 4.78 is 57.9. The summed E-state index contributed by atoms with van der Waals surface area (Å²) in [6.45, 7) is 1.28. The van der Waals surface area contributed by atoms with E-state index >= 15 is 0 Å². The van der Waals surface area contributed by atoms with Gasteiger partial charge in [-0.1, -0.05) is 42.5 Å². The zero-order valence-corrected chi connectivity index (χ0v) is 15.2. The predicted octanol–water partition coefficient (Wildman–Crippen LogP) is 2.74. The molecule has 0 saturated heterocycles. The molecule has 0 aromatic heterocycles. The predicted molar refractivity (Wildman–Crippen MR) is 93.0 cm³/mol. The third-order valence-electron chi connectivity index (χ3n) is 3.22. The van der Waals surface area contributed by atoms with E-state index in [9.17, 15) is 26.4 Å². The van der Waals surface area contributed by atoms with Gasteiger partial charge in [-0.2, -0.15) is 17.9 Å². The number of hydrogen-bond acceptors (Lipinski definition) is 4. The summed E-state index contributed by atoms with van der Waals surface area (Å²) >= 11 is 0. The quantitative estimate of drug-likeness (QED) is 0.685. The van der Waals surface area contributed by atoms with Crippen LogP contribution in [0, 0.1) is 0 Å². The van der Waals surface area contributed by atoms with Crippen LogP contribution >= 0.6 is 0 Å². The molecule has 2 aromatic rings.